The molecule has 0 aliphatic carbocycles. The van der Waals surface area contributed by atoms with E-state index in [1.165, 1.54) is 38.8 Å². The number of nitrogens with one attached hydrogen (secondary N) is 1. The predicted molar refractivity (Wildman–Crippen MR) is 66.7 cm³/mol. The molecule has 0 aromatic carbocycles. The molecule has 2 aliphatic heterocycles. The number of hydrogen-bond donors (Lipinski definition) is 1. The first-order valence-electron chi connectivity index (χ1n) is 6.84. The minimum Gasteiger partial charge on any atom is -0.376 e. The molecule has 0 saturated carbocycles. The predicted octanol–water partition coefficient (Wildman–Crippen LogP) is 1.63. The van der Waals surface area contributed by atoms with Crippen LogP contribution in [-0.4, -0.2) is 49.3 Å². The lowest BCUT2D eigenvalue weighted by Crippen LogP contribution is -2.47. The summed E-state index contributed by atoms with van der Waals surface area (Å²) >= 11 is 0. The Bertz CT molecular complexity index is 204. The van der Waals surface area contributed by atoms with Crippen molar-refractivity contribution >= 4 is 0 Å². The highest BCUT2D eigenvalue weighted by Gasteiger charge is 2.23. The molecule has 0 amide bonds. The lowest BCUT2D eigenvalue weighted by atomic mass is 10.1. The van der Waals surface area contributed by atoms with E-state index in [9.17, 15) is 0 Å². The van der Waals surface area contributed by atoms with Crippen molar-refractivity contribution in [1.29, 1.82) is 0 Å². The van der Waals surface area contributed by atoms with E-state index < -0.39 is 0 Å². The van der Waals surface area contributed by atoms with Gasteiger partial charge in [0.15, 0.2) is 0 Å². The van der Waals surface area contributed by atoms with Crippen LogP contribution in [-0.2, 0) is 4.74 Å². The van der Waals surface area contributed by atoms with E-state index in [4.69, 9.17) is 4.74 Å². The molecular formula is C13H26N2O. The second kappa shape index (κ2) is 5.99. The Labute approximate surface area is 99.5 Å². The average Bonchev–Trinajstić information content (AvgIpc) is 2.76. The normalized spacial score (nSPS) is 36.8. The van der Waals surface area contributed by atoms with Crippen molar-refractivity contribution in [3.8, 4) is 0 Å². The molecule has 0 radical (unpaired) electrons. The van der Waals surface area contributed by atoms with Gasteiger partial charge in [0.1, 0.15) is 0 Å². The highest BCUT2D eigenvalue weighted by Crippen LogP contribution is 2.15. The van der Waals surface area contributed by atoms with Gasteiger partial charge in [0.05, 0.1) is 12.7 Å². The fraction of sp³-hybridized carbons (Fsp3) is 1.00. The van der Waals surface area contributed by atoms with Crippen molar-refractivity contribution < 1.29 is 4.74 Å². The molecule has 2 aliphatic rings. The van der Waals surface area contributed by atoms with Gasteiger partial charge in [-0.1, -0.05) is 0 Å². The fourth-order valence-electron chi connectivity index (χ4n) is 2.83. The van der Waals surface area contributed by atoms with Gasteiger partial charge in [0, 0.05) is 18.6 Å². The van der Waals surface area contributed by atoms with E-state index in [0.29, 0.717) is 12.1 Å². The van der Waals surface area contributed by atoms with Crippen molar-refractivity contribution in [2.45, 2.75) is 57.7 Å². The largest absolute Gasteiger partial charge is 0.376 e. The molecule has 94 valence electrons. The summed E-state index contributed by atoms with van der Waals surface area (Å²) in [6.07, 6.45) is 5.85. The first-order valence-corrected chi connectivity index (χ1v) is 6.84. The van der Waals surface area contributed by atoms with Crippen LogP contribution in [0.25, 0.3) is 0 Å². The third kappa shape index (κ3) is 3.44. The molecule has 0 aromatic rings. The molecule has 2 fully saturated rings. The van der Waals surface area contributed by atoms with Crippen LogP contribution in [0.15, 0.2) is 0 Å². The highest BCUT2D eigenvalue weighted by atomic mass is 16.5. The summed E-state index contributed by atoms with van der Waals surface area (Å²) in [5, 5.41) is 3.57. The maximum Gasteiger partial charge on any atom is 0.0674 e. The van der Waals surface area contributed by atoms with Crippen LogP contribution < -0.4 is 5.32 Å². The third-order valence-corrected chi connectivity index (χ3v) is 3.90. The lowest BCUT2D eigenvalue weighted by Gasteiger charge is -2.36. The quantitative estimate of drug-likeness (QED) is 0.788. The third-order valence-electron chi connectivity index (χ3n) is 3.90. The molecule has 3 unspecified atom stereocenters. The van der Waals surface area contributed by atoms with E-state index in [2.05, 4.69) is 24.1 Å². The summed E-state index contributed by atoms with van der Waals surface area (Å²) in [4.78, 5) is 2.59. The molecular weight excluding hydrogens is 200 g/mol. The summed E-state index contributed by atoms with van der Waals surface area (Å²) in [6.45, 7) is 8.95. The second-order valence-corrected chi connectivity index (χ2v) is 5.42. The summed E-state index contributed by atoms with van der Waals surface area (Å²) in [5.74, 6) is 0. The smallest absolute Gasteiger partial charge is 0.0674 e. The summed E-state index contributed by atoms with van der Waals surface area (Å²) < 4.78 is 5.65. The van der Waals surface area contributed by atoms with Crippen molar-refractivity contribution in [2.24, 2.45) is 0 Å². The molecule has 1 N–H and O–H groups in total. The molecule has 3 atom stereocenters. The van der Waals surface area contributed by atoms with Crippen LogP contribution in [0.5, 0.6) is 0 Å². The summed E-state index contributed by atoms with van der Waals surface area (Å²) in [6, 6.07) is 1.40. The van der Waals surface area contributed by atoms with Crippen LogP contribution in [0.1, 0.15) is 39.5 Å². The van der Waals surface area contributed by atoms with Crippen molar-refractivity contribution in [3.05, 3.63) is 0 Å². The zero-order chi connectivity index (χ0) is 11.4. The van der Waals surface area contributed by atoms with E-state index in [1.807, 2.05) is 0 Å². The molecule has 2 saturated heterocycles. The minimum atomic E-state index is 0.417. The number of nitrogens with zero attached hydrogens (tertiary/aromatic N) is 1. The number of morpholine rings is 1. The maximum atomic E-state index is 5.65. The van der Waals surface area contributed by atoms with E-state index >= 15 is 0 Å². The highest BCUT2D eigenvalue weighted by molar-refractivity contribution is 4.78. The first-order chi connectivity index (χ1) is 7.75. The van der Waals surface area contributed by atoms with Gasteiger partial charge in [-0.05, 0) is 52.6 Å². The van der Waals surface area contributed by atoms with Gasteiger partial charge in [0.25, 0.3) is 0 Å². The van der Waals surface area contributed by atoms with E-state index in [0.717, 1.165) is 19.2 Å². The topological polar surface area (TPSA) is 24.5 Å². The molecule has 0 bridgehead atoms. The maximum absolute atomic E-state index is 5.65. The molecule has 0 aromatic heterocycles. The van der Waals surface area contributed by atoms with Crippen molar-refractivity contribution in [1.82, 2.24) is 10.2 Å². The zero-order valence-corrected chi connectivity index (χ0v) is 10.7. The van der Waals surface area contributed by atoms with Crippen LogP contribution in [0.3, 0.4) is 0 Å². The SMILES string of the molecule is CC1CN(CCCC2CCCN2)C(C)CO1. The zero-order valence-electron chi connectivity index (χ0n) is 10.7. The Kier molecular flexibility index (Phi) is 4.62. The van der Waals surface area contributed by atoms with Crippen LogP contribution in [0, 0.1) is 0 Å². The molecule has 16 heavy (non-hydrogen) atoms. The molecule has 3 nitrogen and oxygen atoms in total. The van der Waals surface area contributed by atoms with Crippen molar-refractivity contribution in [2.75, 3.05) is 26.2 Å². The average molecular weight is 226 g/mol. The van der Waals surface area contributed by atoms with Gasteiger partial charge in [-0.15, -0.1) is 0 Å². The van der Waals surface area contributed by atoms with Crippen LogP contribution in [0.4, 0.5) is 0 Å². The number of hydrogen-bond acceptors (Lipinski definition) is 3. The Morgan fingerprint density at radius 3 is 3.00 bits per heavy atom. The monoisotopic (exact) mass is 226 g/mol. The van der Waals surface area contributed by atoms with E-state index in [-0.39, 0.29) is 0 Å². The van der Waals surface area contributed by atoms with Gasteiger partial charge in [0.2, 0.25) is 0 Å². The van der Waals surface area contributed by atoms with E-state index in [1.54, 1.807) is 0 Å². The van der Waals surface area contributed by atoms with Crippen LogP contribution in [0.2, 0.25) is 0 Å². The van der Waals surface area contributed by atoms with Gasteiger partial charge in [-0.2, -0.15) is 0 Å². The number of ether oxygens (including phenoxy) is 1. The summed E-state index contributed by atoms with van der Waals surface area (Å²) in [7, 11) is 0. The second-order valence-electron chi connectivity index (χ2n) is 5.42. The minimum absolute atomic E-state index is 0.417. The Balaban J connectivity index is 1.63. The Morgan fingerprint density at radius 2 is 2.25 bits per heavy atom. The van der Waals surface area contributed by atoms with Gasteiger partial charge in [-0.25, -0.2) is 0 Å². The molecule has 3 heteroatoms. The molecule has 2 heterocycles. The lowest BCUT2D eigenvalue weighted by molar-refractivity contribution is -0.0497. The van der Waals surface area contributed by atoms with Gasteiger partial charge >= 0.3 is 0 Å². The standard InChI is InChI=1S/C13H26N2O/c1-11-10-16-12(2)9-15(11)8-4-6-13-5-3-7-14-13/h11-14H,3-10H2,1-2H3. The first kappa shape index (κ1) is 12.3. The number of rotatable bonds is 4. The summed E-state index contributed by atoms with van der Waals surface area (Å²) in [5.41, 5.74) is 0. The van der Waals surface area contributed by atoms with Gasteiger partial charge < -0.3 is 10.1 Å². The molecule has 2 rings (SSSR count). The molecule has 0 spiro atoms. The Morgan fingerprint density at radius 1 is 1.38 bits per heavy atom. The van der Waals surface area contributed by atoms with Crippen LogP contribution >= 0.6 is 0 Å². The van der Waals surface area contributed by atoms with Gasteiger partial charge in [-0.3, -0.25) is 4.90 Å². The Hall–Kier alpha value is -0.120. The fourth-order valence-corrected chi connectivity index (χ4v) is 2.83. The van der Waals surface area contributed by atoms with Crippen molar-refractivity contribution in [3.63, 3.8) is 0 Å².